The van der Waals surface area contributed by atoms with Crippen LogP contribution in [0.4, 0.5) is 0 Å². The third kappa shape index (κ3) is 3.33. The van der Waals surface area contributed by atoms with Crippen molar-refractivity contribution in [3.05, 3.63) is 99.8 Å². The summed E-state index contributed by atoms with van der Waals surface area (Å²) in [5, 5.41) is 13.7. The number of pyridine rings is 1. The van der Waals surface area contributed by atoms with Crippen LogP contribution in [-0.2, 0) is 11.2 Å². The molecule has 0 radical (unpaired) electrons. The fraction of sp³-hybridized carbons (Fsp3) is 0.125. The lowest BCUT2D eigenvalue weighted by Crippen LogP contribution is -2.32. The van der Waals surface area contributed by atoms with E-state index in [4.69, 9.17) is 0 Å². The molecule has 3 aromatic heterocycles. The first kappa shape index (κ1) is 19.3. The zero-order chi connectivity index (χ0) is 21.4. The van der Waals surface area contributed by atoms with Crippen LogP contribution in [0.1, 0.15) is 26.8 Å². The van der Waals surface area contributed by atoms with Gasteiger partial charge in [0.15, 0.2) is 11.5 Å². The smallest absolute Gasteiger partial charge is 0.290 e. The second-order valence-electron chi connectivity index (χ2n) is 7.36. The van der Waals surface area contributed by atoms with E-state index in [9.17, 15) is 14.7 Å². The van der Waals surface area contributed by atoms with Crippen LogP contribution in [0.25, 0.3) is 10.9 Å². The monoisotopic (exact) mass is 429 g/mol. The van der Waals surface area contributed by atoms with Gasteiger partial charge in [0.25, 0.3) is 5.91 Å². The average Bonchev–Trinajstić information content (AvgIpc) is 3.53. The van der Waals surface area contributed by atoms with E-state index < -0.39 is 17.7 Å². The highest BCUT2D eigenvalue weighted by Crippen LogP contribution is 2.40. The molecular formula is C24H19N3O3S. The number of Topliss-reactive ketones (excluding diaryl/α,β-unsaturated/α-hetero) is 1. The van der Waals surface area contributed by atoms with Crippen LogP contribution in [0.15, 0.2) is 83.8 Å². The molecule has 0 spiro atoms. The van der Waals surface area contributed by atoms with Crippen LogP contribution in [0.2, 0.25) is 0 Å². The van der Waals surface area contributed by atoms with Gasteiger partial charge in [-0.1, -0.05) is 24.3 Å². The van der Waals surface area contributed by atoms with Gasteiger partial charge in [0, 0.05) is 46.5 Å². The maximum absolute atomic E-state index is 13.2. The highest BCUT2D eigenvalue weighted by atomic mass is 32.1. The Hall–Kier alpha value is -3.71. The molecule has 0 fully saturated rings. The second-order valence-corrected chi connectivity index (χ2v) is 8.34. The van der Waals surface area contributed by atoms with Crippen LogP contribution in [-0.4, -0.2) is 38.2 Å². The summed E-state index contributed by atoms with van der Waals surface area (Å²) < 4.78 is 0. The second kappa shape index (κ2) is 7.85. The Morgan fingerprint density at radius 3 is 2.81 bits per heavy atom. The third-order valence-electron chi connectivity index (χ3n) is 5.58. The van der Waals surface area contributed by atoms with E-state index >= 15 is 0 Å². The number of para-hydroxylation sites is 1. The number of benzene rings is 1. The largest absolute Gasteiger partial charge is 0.503 e. The van der Waals surface area contributed by atoms with Crippen molar-refractivity contribution < 1.29 is 14.7 Å². The number of rotatable bonds is 6. The van der Waals surface area contributed by atoms with Gasteiger partial charge in [-0.25, -0.2) is 0 Å². The van der Waals surface area contributed by atoms with E-state index in [-0.39, 0.29) is 11.4 Å². The number of aromatic amines is 1. The van der Waals surface area contributed by atoms with Crippen LogP contribution < -0.4 is 0 Å². The van der Waals surface area contributed by atoms with Gasteiger partial charge in [0.1, 0.15) is 0 Å². The molecule has 1 aliphatic heterocycles. The van der Waals surface area contributed by atoms with Crippen molar-refractivity contribution in [1.82, 2.24) is 14.9 Å². The lowest BCUT2D eigenvalue weighted by molar-refractivity contribution is -0.129. The van der Waals surface area contributed by atoms with Crippen molar-refractivity contribution >= 4 is 33.9 Å². The molecule has 1 aromatic carbocycles. The molecular weight excluding hydrogens is 410 g/mol. The number of H-pyrrole nitrogens is 1. The normalized spacial score (nSPS) is 16.5. The van der Waals surface area contributed by atoms with E-state index in [0.29, 0.717) is 18.5 Å². The summed E-state index contributed by atoms with van der Waals surface area (Å²) in [4.78, 5) is 35.9. The molecule has 7 heteroatoms. The summed E-state index contributed by atoms with van der Waals surface area (Å²) in [6, 6.07) is 14.4. The summed E-state index contributed by atoms with van der Waals surface area (Å²) in [6.45, 7) is 0.372. The standard InChI is InChI=1S/C24H19N3O3S/c28-22(16-5-3-10-25-13-16)20-21(19-8-4-12-31-19)27(24(30)23(20)29)11-9-15-14-26-18-7-2-1-6-17(15)18/h1-8,10,12-14,21,26,29H,9,11H2. The minimum Gasteiger partial charge on any atom is -0.503 e. The van der Waals surface area contributed by atoms with Crippen molar-refractivity contribution in [3.63, 3.8) is 0 Å². The van der Waals surface area contributed by atoms with Gasteiger partial charge in [0.2, 0.25) is 0 Å². The Morgan fingerprint density at radius 1 is 1.16 bits per heavy atom. The number of carbonyl (C=O) groups excluding carboxylic acids is 2. The van der Waals surface area contributed by atoms with Crippen molar-refractivity contribution in [2.24, 2.45) is 0 Å². The van der Waals surface area contributed by atoms with Gasteiger partial charge in [-0.2, -0.15) is 0 Å². The fourth-order valence-electron chi connectivity index (χ4n) is 4.09. The quantitative estimate of drug-likeness (QED) is 0.444. The molecule has 31 heavy (non-hydrogen) atoms. The van der Waals surface area contributed by atoms with Crippen LogP contribution in [0.3, 0.4) is 0 Å². The molecule has 1 atom stereocenters. The Bertz CT molecular complexity index is 1290. The highest BCUT2D eigenvalue weighted by molar-refractivity contribution is 7.10. The molecule has 4 heterocycles. The van der Waals surface area contributed by atoms with Crippen molar-refractivity contribution in [2.75, 3.05) is 6.54 Å². The molecule has 0 saturated heterocycles. The third-order valence-corrected chi connectivity index (χ3v) is 6.51. The Kier molecular flexibility index (Phi) is 4.88. The molecule has 0 saturated carbocycles. The molecule has 0 aliphatic carbocycles. The molecule has 1 aliphatic rings. The minimum atomic E-state index is -0.620. The predicted octanol–water partition coefficient (Wildman–Crippen LogP) is 4.45. The summed E-state index contributed by atoms with van der Waals surface area (Å²) in [5.74, 6) is -1.39. The first-order chi connectivity index (χ1) is 15.1. The summed E-state index contributed by atoms with van der Waals surface area (Å²) >= 11 is 1.46. The topological polar surface area (TPSA) is 86.3 Å². The molecule has 0 bridgehead atoms. The van der Waals surface area contributed by atoms with Gasteiger partial charge in [-0.3, -0.25) is 14.6 Å². The molecule has 1 amide bonds. The molecule has 1 unspecified atom stereocenters. The summed E-state index contributed by atoms with van der Waals surface area (Å²) in [6.07, 6.45) is 5.57. The molecule has 154 valence electrons. The minimum absolute atomic E-state index is 0.111. The van der Waals surface area contributed by atoms with E-state index in [1.54, 1.807) is 23.2 Å². The zero-order valence-electron chi connectivity index (χ0n) is 16.5. The van der Waals surface area contributed by atoms with Crippen LogP contribution >= 0.6 is 11.3 Å². The maximum Gasteiger partial charge on any atom is 0.290 e. The lowest BCUT2D eigenvalue weighted by atomic mass is 9.97. The number of ketones is 1. The van der Waals surface area contributed by atoms with Crippen molar-refractivity contribution in [3.8, 4) is 0 Å². The first-order valence-electron chi connectivity index (χ1n) is 9.92. The number of hydrogen-bond acceptors (Lipinski definition) is 5. The first-order valence-corrected chi connectivity index (χ1v) is 10.8. The van der Waals surface area contributed by atoms with Crippen molar-refractivity contribution in [1.29, 1.82) is 0 Å². The highest BCUT2D eigenvalue weighted by Gasteiger charge is 2.44. The summed E-state index contributed by atoms with van der Waals surface area (Å²) in [7, 11) is 0. The van der Waals surface area contributed by atoms with Gasteiger partial charge in [-0.15, -0.1) is 11.3 Å². The molecule has 2 N–H and O–H groups in total. The molecule has 4 aromatic rings. The van der Waals surface area contributed by atoms with Gasteiger partial charge in [0.05, 0.1) is 11.6 Å². The number of hydrogen-bond donors (Lipinski definition) is 2. The average molecular weight is 430 g/mol. The Labute approximate surface area is 182 Å². The lowest BCUT2D eigenvalue weighted by Gasteiger charge is -2.25. The number of nitrogens with zero attached hydrogens (tertiary/aromatic N) is 2. The van der Waals surface area contributed by atoms with E-state index in [2.05, 4.69) is 9.97 Å². The number of aliphatic hydroxyl groups excluding tert-OH is 1. The maximum atomic E-state index is 13.2. The number of nitrogens with one attached hydrogen (secondary N) is 1. The van der Waals surface area contributed by atoms with Crippen molar-refractivity contribution in [2.45, 2.75) is 12.5 Å². The number of aliphatic hydroxyl groups is 1. The summed E-state index contributed by atoms with van der Waals surface area (Å²) in [5.41, 5.74) is 2.57. The number of thiophene rings is 1. The molecule has 5 rings (SSSR count). The van der Waals surface area contributed by atoms with E-state index in [1.165, 1.54) is 17.5 Å². The van der Waals surface area contributed by atoms with E-state index in [1.807, 2.05) is 48.0 Å². The Morgan fingerprint density at radius 2 is 2.03 bits per heavy atom. The predicted molar refractivity (Wildman–Crippen MR) is 119 cm³/mol. The van der Waals surface area contributed by atoms with Gasteiger partial charge in [-0.05, 0) is 41.6 Å². The van der Waals surface area contributed by atoms with Gasteiger partial charge < -0.3 is 15.0 Å². The van der Waals surface area contributed by atoms with Gasteiger partial charge >= 0.3 is 0 Å². The van der Waals surface area contributed by atoms with Crippen LogP contribution in [0, 0.1) is 0 Å². The zero-order valence-corrected chi connectivity index (χ0v) is 17.3. The Balaban J connectivity index is 1.49. The number of fused-ring (bicyclic) bond motifs is 1. The SMILES string of the molecule is O=C(C1=C(O)C(=O)N(CCc2c[nH]c3ccccc23)C1c1cccs1)c1cccnc1. The number of aromatic nitrogens is 2. The number of amides is 1. The van der Waals surface area contributed by atoms with Crippen LogP contribution in [0.5, 0.6) is 0 Å². The number of carbonyl (C=O) groups is 2. The fourth-order valence-corrected chi connectivity index (χ4v) is 4.94. The van der Waals surface area contributed by atoms with E-state index in [0.717, 1.165) is 21.3 Å². The molecule has 6 nitrogen and oxygen atoms in total.